The molecule has 3 nitrogen and oxygen atoms in total. The fourth-order valence-electron chi connectivity index (χ4n) is 0.557. The summed E-state index contributed by atoms with van der Waals surface area (Å²) in [7, 11) is 2.13. The van der Waals surface area contributed by atoms with E-state index in [4.69, 9.17) is 9.39 Å². The van der Waals surface area contributed by atoms with E-state index < -0.39 is 11.2 Å². The Labute approximate surface area is 75.3 Å². The van der Waals surface area contributed by atoms with Gasteiger partial charge in [-0.05, 0) is 27.7 Å². The van der Waals surface area contributed by atoms with Gasteiger partial charge in [0.25, 0.3) is 0 Å². The van der Waals surface area contributed by atoms with Crippen LogP contribution in [0.15, 0.2) is 0 Å². The number of ether oxygens (including phenoxy) is 1. The van der Waals surface area contributed by atoms with Gasteiger partial charge < -0.3 is 14.5 Å². The van der Waals surface area contributed by atoms with E-state index >= 15 is 0 Å². The minimum Gasteiger partial charge on any atom is -0.429 e. The molecule has 0 saturated carbocycles. The molecular formula is C8H19BO3. The van der Waals surface area contributed by atoms with E-state index in [1.165, 1.54) is 0 Å². The van der Waals surface area contributed by atoms with Crippen molar-refractivity contribution in [1.29, 1.82) is 0 Å². The van der Waals surface area contributed by atoms with Crippen LogP contribution in [-0.4, -0.2) is 37.4 Å². The van der Waals surface area contributed by atoms with E-state index in [0.717, 1.165) is 0 Å². The summed E-state index contributed by atoms with van der Waals surface area (Å²) in [4.78, 5) is 0. The van der Waals surface area contributed by atoms with Crippen LogP contribution in [0.1, 0.15) is 27.7 Å². The zero-order valence-corrected chi connectivity index (χ0v) is 8.68. The van der Waals surface area contributed by atoms with Crippen molar-refractivity contribution in [2.75, 3.05) is 13.6 Å². The minimum atomic E-state index is -0.833. The summed E-state index contributed by atoms with van der Waals surface area (Å²) in [5.74, 6) is 0. The summed E-state index contributed by atoms with van der Waals surface area (Å²) in [6.45, 7) is 7.75. The molecule has 0 aliphatic rings. The van der Waals surface area contributed by atoms with E-state index in [9.17, 15) is 5.11 Å². The Hall–Kier alpha value is -0.0551. The Bertz CT molecular complexity index is 129. The molecule has 0 aromatic heterocycles. The molecule has 0 aliphatic heterocycles. The molecule has 4 heteroatoms. The summed E-state index contributed by atoms with van der Waals surface area (Å²) >= 11 is 0. The van der Waals surface area contributed by atoms with Crippen molar-refractivity contribution >= 4 is 7.48 Å². The monoisotopic (exact) mass is 174 g/mol. The van der Waals surface area contributed by atoms with Gasteiger partial charge in [-0.1, -0.05) is 0 Å². The maximum Gasteiger partial charge on any atom is 0.301 e. The lowest BCUT2D eigenvalue weighted by molar-refractivity contribution is -0.0916. The average Bonchev–Trinajstić information content (AvgIpc) is 1.85. The van der Waals surface area contributed by atoms with Gasteiger partial charge in [0.05, 0.1) is 11.2 Å². The zero-order valence-electron chi connectivity index (χ0n) is 8.68. The van der Waals surface area contributed by atoms with Gasteiger partial charge in [0.15, 0.2) is 0 Å². The first-order chi connectivity index (χ1) is 5.31. The highest BCUT2D eigenvalue weighted by Gasteiger charge is 2.35. The molecular weight excluding hydrogens is 155 g/mol. The number of aliphatic hydroxyl groups is 1. The number of rotatable bonds is 5. The van der Waals surface area contributed by atoms with Crippen molar-refractivity contribution in [3.8, 4) is 0 Å². The Morgan fingerprint density at radius 3 is 2.08 bits per heavy atom. The highest BCUT2D eigenvalue weighted by atomic mass is 16.5. The smallest absolute Gasteiger partial charge is 0.301 e. The molecule has 0 atom stereocenters. The van der Waals surface area contributed by atoms with Crippen molar-refractivity contribution in [2.24, 2.45) is 0 Å². The van der Waals surface area contributed by atoms with Gasteiger partial charge in [-0.3, -0.25) is 0 Å². The third-order valence-corrected chi connectivity index (χ3v) is 2.22. The lowest BCUT2D eigenvalue weighted by Crippen LogP contribution is -2.48. The molecule has 0 heterocycles. The highest BCUT2D eigenvalue weighted by Crippen LogP contribution is 2.24. The van der Waals surface area contributed by atoms with Gasteiger partial charge in [-0.25, -0.2) is 0 Å². The zero-order chi connectivity index (χ0) is 9.83. The second-order valence-electron chi connectivity index (χ2n) is 3.91. The summed E-state index contributed by atoms with van der Waals surface area (Å²) in [6, 6.07) is 0. The SMILES string of the molecule is COCBOC(C)(C)C(C)(C)O. The molecule has 0 unspecified atom stereocenters. The van der Waals surface area contributed by atoms with Crippen LogP contribution in [0.2, 0.25) is 0 Å². The summed E-state index contributed by atoms with van der Waals surface area (Å²) in [5, 5.41) is 9.68. The van der Waals surface area contributed by atoms with Crippen molar-refractivity contribution < 1.29 is 14.5 Å². The van der Waals surface area contributed by atoms with Crippen LogP contribution in [0.4, 0.5) is 0 Å². The van der Waals surface area contributed by atoms with Crippen LogP contribution in [-0.2, 0) is 9.39 Å². The third kappa shape index (κ3) is 3.56. The lowest BCUT2D eigenvalue weighted by atomic mass is 9.87. The van der Waals surface area contributed by atoms with Crippen LogP contribution in [0.3, 0.4) is 0 Å². The fraction of sp³-hybridized carbons (Fsp3) is 1.00. The topological polar surface area (TPSA) is 38.7 Å². The standard InChI is InChI=1S/C8H19BO3/c1-7(2,10)8(3,4)12-9-6-11-5/h9-10H,6H2,1-5H3. The molecule has 0 saturated heterocycles. The number of hydrogen-bond donors (Lipinski definition) is 1. The van der Waals surface area contributed by atoms with E-state index in [0.29, 0.717) is 14.0 Å². The summed E-state index contributed by atoms with van der Waals surface area (Å²) < 4.78 is 10.3. The van der Waals surface area contributed by atoms with Gasteiger partial charge in [-0.15, -0.1) is 0 Å². The average molecular weight is 174 g/mol. The highest BCUT2D eigenvalue weighted by molar-refractivity contribution is 6.27. The molecule has 0 radical (unpaired) electrons. The Balaban J connectivity index is 3.88. The van der Waals surface area contributed by atoms with Crippen molar-refractivity contribution in [3.05, 3.63) is 0 Å². The maximum atomic E-state index is 9.68. The van der Waals surface area contributed by atoms with E-state index in [2.05, 4.69) is 0 Å². The molecule has 0 amide bonds. The Morgan fingerprint density at radius 2 is 1.75 bits per heavy atom. The predicted molar refractivity (Wildman–Crippen MR) is 50.5 cm³/mol. The van der Waals surface area contributed by atoms with Gasteiger partial charge in [0, 0.05) is 13.6 Å². The van der Waals surface area contributed by atoms with Crippen LogP contribution in [0, 0.1) is 0 Å². The normalized spacial score (nSPS) is 13.2. The van der Waals surface area contributed by atoms with E-state index in [1.54, 1.807) is 21.0 Å². The molecule has 0 aromatic rings. The molecule has 12 heavy (non-hydrogen) atoms. The molecule has 0 aromatic carbocycles. The second kappa shape index (κ2) is 4.26. The minimum absolute atomic E-state index is 0.507. The fourth-order valence-corrected chi connectivity index (χ4v) is 0.557. The molecule has 72 valence electrons. The molecule has 0 bridgehead atoms. The number of hydrogen-bond acceptors (Lipinski definition) is 3. The first kappa shape index (κ1) is 11.9. The van der Waals surface area contributed by atoms with Gasteiger partial charge in [0.2, 0.25) is 0 Å². The predicted octanol–water partition coefficient (Wildman–Crippen LogP) is 0.508. The first-order valence-electron chi connectivity index (χ1n) is 4.16. The van der Waals surface area contributed by atoms with Crippen LogP contribution >= 0.6 is 0 Å². The van der Waals surface area contributed by atoms with E-state index in [1.807, 2.05) is 13.8 Å². The quantitative estimate of drug-likeness (QED) is 0.487. The van der Waals surface area contributed by atoms with Crippen LogP contribution in [0.25, 0.3) is 0 Å². The Morgan fingerprint density at radius 1 is 1.25 bits per heavy atom. The van der Waals surface area contributed by atoms with Gasteiger partial charge >= 0.3 is 7.48 Å². The largest absolute Gasteiger partial charge is 0.429 e. The number of methoxy groups -OCH3 is 1. The summed E-state index contributed by atoms with van der Waals surface area (Å²) in [6.07, 6.45) is 0. The molecule has 0 fully saturated rings. The van der Waals surface area contributed by atoms with Crippen molar-refractivity contribution in [3.63, 3.8) is 0 Å². The molecule has 0 aliphatic carbocycles. The molecule has 0 rings (SSSR count). The van der Waals surface area contributed by atoms with Crippen LogP contribution < -0.4 is 0 Å². The maximum absolute atomic E-state index is 9.68. The van der Waals surface area contributed by atoms with Crippen LogP contribution in [0.5, 0.6) is 0 Å². The first-order valence-corrected chi connectivity index (χ1v) is 4.16. The van der Waals surface area contributed by atoms with E-state index in [-0.39, 0.29) is 0 Å². The molecule has 0 spiro atoms. The lowest BCUT2D eigenvalue weighted by Gasteiger charge is -2.37. The second-order valence-corrected chi connectivity index (χ2v) is 3.91. The summed E-state index contributed by atoms with van der Waals surface area (Å²) in [5.41, 5.74) is -1.37. The van der Waals surface area contributed by atoms with Gasteiger partial charge in [-0.2, -0.15) is 0 Å². The molecule has 1 N–H and O–H groups in total. The van der Waals surface area contributed by atoms with Crippen molar-refractivity contribution in [1.82, 2.24) is 0 Å². The third-order valence-electron chi connectivity index (χ3n) is 2.22. The van der Waals surface area contributed by atoms with Gasteiger partial charge in [0.1, 0.15) is 0 Å². The Kier molecular flexibility index (Phi) is 4.24. The van der Waals surface area contributed by atoms with Crippen molar-refractivity contribution in [2.45, 2.75) is 38.9 Å².